The van der Waals surface area contributed by atoms with Gasteiger partial charge in [0.2, 0.25) is 0 Å². The zero-order valence-corrected chi connectivity index (χ0v) is 15.2. The molecule has 2 amide bonds. The minimum Gasteiger partial charge on any atom is -0.334 e. The van der Waals surface area contributed by atoms with Gasteiger partial charge in [0.05, 0.1) is 0 Å². The number of carbonyl (C=O) groups excluding carboxylic acids is 1. The van der Waals surface area contributed by atoms with Crippen LogP contribution in [0.3, 0.4) is 0 Å². The molecule has 1 saturated heterocycles. The molecule has 2 heterocycles. The van der Waals surface area contributed by atoms with Gasteiger partial charge in [-0.2, -0.15) is 0 Å². The second kappa shape index (κ2) is 7.89. The second-order valence-corrected chi connectivity index (χ2v) is 7.65. The fraction of sp³-hybridized carbons (Fsp3) is 0.550. The number of carbonyl (C=O) groups is 1. The summed E-state index contributed by atoms with van der Waals surface area (Å²) in [4.78, 5) is 14.5. The van der Waals surface area contributed by atoms with Crippen molar-refractivity contribution in [2.24, 2.45) is 11.8 Å². The Kier molecular flexibility index (Phi) is 5.18. The molecule has 0 spiro atoms. The molecule has 1 aliphatic heterocycles. The smallest absolute Gasteiger partial charge is 0.317 e. The predicted molar refractivity (Wildman–Crippen MR) is 99.4 cm³/mol. The average molecular weight is 353 g/mol. The first kappa shape index (κ1) is 17.1. The summed E-state index contributed by atoms with van der Waals surface area (Å²) in [6, 6.07) is 10.1. The molecule has 1 aliphatic carbocycles. The molecule has 1 atom stereocenters. The summed E-state index contributed by atoms with van der Waals surface area (Å²) in [5, 5.41) is 11.5. The number of likely N-dealkylation sites (tertiary alicyclic amines) is 1. The van der Waals surface area contributed by atoms with Gasteiger partial charge < -0.3 is 14.8 Å². The van der Waals surface area contributed by atoms with Gasteiger partial charge in [0.25, 0.3) is 0 Å². The van der Waals surface area contributed by atoms with Crippen LogP contribution in [0.25, 0.3) is 0 Å². The summed E-state index contributed by atoms with van der Waals surface area (Å²) in [5.74, 6) is 2.36. The van der Waals surface area contributed by atoms with E-state index in [9.17, 15) is 4.79 Å². The van der Waals surface area contributed by atoms with E-state index < -0.39 is 0 Å². The van der Waals surface area contributed by atoms with Gasteiger partial charge in [-0.1, -0.05) is 30.3 Å². The Morgan fingerprint density at radius 1 is 1.15 bits per heavy atom. The third-order valence-electron chi connectivity index (χ3n) is 5.41. The van der Waals surface area contributed by atoms with Crippen molar-refractivity contribution in [1.29, 1.82) is 0 Å². The Bertz CT molecular complexity index is 725. The second-order valence-electron chi connectivity index (χ2n) is 7.65. The van der Waals surface area contributed by atoms with Crippen LogP contribution in [0.4, 0.5) is 4.79 Å². The lowest BCUT2D eigenvalue weighted by atomic mass is 9.94. The highest BCUT2D eigenvalue weighted by atomic mass is 16.2. The van der Waals surface area contributed by atoms with Gasteiger partial charge in [0.15, 0.2) is 0 Å². The van der Waals surface area contributed by atoms with E-state index >= 15 is 0 Å². The average Bonchev–Trinajstić information content (AvgIpc) is 3.40. The number of amides is 2. The number of hydrogen-bond donors (Lipinski definition) is 1. The molecule has 2 aromatic rings. The summed E-state index contributed by atoms with van der Waals surface area (Å²) in [6.07, 6.45) is 7.64. The molecule has 1 unspecified atom stereocenters. The molecule has 0 radical (unpaired) electrons. The van der Waals surface area contributed by atoms with Crippen LogP contribution in [0.2, 0.25) is 0 Å². The first-order valence-electron chi connectivity index (χ1n) is 9.71. The molecule has 2 aliphatic rings. The van der Waals surface area contributed by atoms with Crippen molar-refractivity contribution in [3.8, 4) is 0 Å². The number of rotatable bonds is 6. The van der Waals surface area contributed by atoms with E-state index in [0.29, 0.717) is 12.5 Å². The Hall–Kier alpha value is -2.37. The fourth-order valence-corrected chi connectivity index (χ4v) is 3.73. The normalized spacial score (nSPS) is 20.2. The number of aromatic nitrogens is 3. The molecule has 2 fully saturated rings. The third kappa shape index (κ3) is 4.42. The van der Waals surface area contributed by atoms with Crippen LogP contribution in [0.15, 0.2) is 36.7 Å². The van der Waals surface area contributed by atoms with Crippen molar-refractivity contribution in [2.75, 3.05) is 13.1 Å². The lowest BCUT2D eigenvalue weighted by Crippen LogP contribution is -2.45. The molecule has 0 bridgehead atoms. The van der Waals surface area contributed by atoms with E-state index in [2.05, 4.69) is 20.1 Å². The van der Waals surface area contributed by atoms with Crippen LogP contribution in [0.1, 0.15) is 37.1 Å². The summed E-state index contributed by atoms with van der Waals surface area (Å²) in [6.45, 7) is 3.27. The summed E-state index contributed by atoms with van der Waals surface area (Å²) in [7, 11) is 0. The number of urea groups is 1. The lowest BCUT2D eigenvalue weighted by Gasteiger charge is -2.32. The molecule has 1 aromatic heterocycles. The Balaban J connectivity index is 1.29. The number of benzene rings is 1. The predicted octanol–water partition coefficient (Wildman–Crippen LogP) is 2.85. The van der Waals surface area contributed by atoms with Crippen molar-refractivity contribution in [3.05, 3.63) is 48.0 Å². The molecular formula is C20H27N5O. The quantitative estimate of drug-likeness (QED) is 0.868. The van der Waals surface area contributed by atoms with Gasteiger partial charge in [-0.05, 0) is 43.1 Å². The SMILES string of the molecule is O=C(NCc1ccccc1)N1CCCC(Cc2nncn2CC2CC2)C1. The van der Waals surface area contributed by atoms with Crippen molar-refractivity contribution >= 4 is 6.03 Å². The largest absolute Gasteiger partial charge is 0.334 e. The Morgan fingerprint density at radius 3 is 2.81 bits per heavy atom. The van der Waals surface area contributed by atoms with Gasteiger partial charge >= 0.3 is 6.03 Å². The van der Waals surface area contributed by atoms with E-state index in [4.69, 9.17) is 0 Å². The highest BCUT2D eigenvalue weighted by Crippen LogP contribution is 2.31. The van der Waals surface area contributed by atoms with Crippen molar-refractivity contribution in [1.82, 2.24) is 25.0 Å². The first-order chi connectivity index (χ1) is 12.8. The summed E-state index contributed by atoms with van der Waals surface area (Å²) < 4.78 is 2.21. The van der Waals surface area contributed by atoms with E-state index in [1.807, 2.05) is 41.6 Å². The highest BCUT2D eigenvalue weighted by Gasteiger charge is 2.27. The number of nitrogens with zero attached hydrogens (tertiary/aromatic N) is 4. The van der Waals surface area contributed by atoms with Gasteiger partial charge in [0.1, 0.15) is 12.2 Å². The number of nitrogens with one attached hydrogen (secondary N) is 1. The number of hydrogen-bond acceptors (Lipinski definition) is 3. The van der Waals surface area contributed by atoms with E-state index in [0.717, 1.165) is 56.2 Å². The van der Waals surface area contributed by atoms with Crippen LogP contribution >= 0.6 is 0 Å². The molecule has 4 rings (SSSR count). The van der Waals surface area contributed by atoms with Crippen LogP contribution in [0, 0.1) is 11.8 Å². The molecular weight excluding hydrogens is 326 g/mol. The van der Waals surface area contributed by atoms with Crippen LogP contribution in [0.5, 0.6) is 0 Å². The van der Waals surface area contributed by atoms with Crippen molar-refractivity contribution in [3.63, 3.8) is 0 Å². The molecule has 6 heteroatoms. The van der Waals surface area contributed by atoms with Crippen LogP contribution < -0.4 is 5.32 Å². The molecule has 1 N–H and O–H groups in total. The zero-order chi connectivity index (χ0) is 17.8. The highest BCUT2D eigenvalue weighted by molar-refractivity contribution is 5.74. The maximum absolute atomic E-state index is 12.5. The minimum absolute atomic E-state index is 0.0398. The van der Waals surface area contributed by atoms with Crippen LogP contribution in [-0.2, 0) is 19.5 Å². The summed E-state index contributed by atoms with van der Waals surface area (Å²) >= 11 is 0. The van der Waals surface area contributed by atoms with E-state index in [-0.39, 0.29) is 6.03 Å². The zero-order valence-electron chi connectivity index (χ0n) is 15.2. The Morgan fingerprint density at radius 2 is 2.00 bits per heavy atom. The molecule has 6 nitrogen and oxygen atoms in total. The maximum atomic E-state index is 12.5. The molecule has 1 aromatic carbocycles. The van der Waals surface area contributed by atoms with E-state index in [1.54, 1.807) is 0 Å². The number of piperidine rings is 1. The molecule has 26 heavy (non-hydrogen) atoms. The summed E-state index contributed by atoms with van der Waals surface area (Å²) in [5.41, 5.74) is 1.13. The van der Waals surface area contributed by atoms with Gasteiger partial charge in [0, 0.05) is 32.6 Å². The monoisotopic (exact) mass is 353 g/mol. The van der Waals surface area contributed by atoms with Gasteiger partial charge in [-0.15, -0.1) is 10.2 Å². The lowest BCUT2D eigenvalue weighted by molar-refractivity contribution is 0.164. The van der Waals surface area contributed by atoms with Crippen LogP contribution in [-0.4, -0.2) is 38.8 Å². The van der Waals surface area contributed by atoms with Crippen molar-refractivity contribution in [2.45, 2.75) is 45.2 Å². The molecule has 1 saturated carbocycles. The standard InChI is InChI=1S/C20H27N5O/c26-20(21-12-16-5-2-1-3-6-16)24-10-4-7-18(14-24)11-19-23-22-15-25(19)13-17-8-9-17/h1-3,5-6,15,17-18H,4,7-14H2,(H,21,26). The van der Waals surface area contributed by atoms with E-state index in [1.165, 1.54) is 12.8 Å². The Labute approximate surface area is 154 Å². The fourth-order valence-electron chi connectivity index (χ4n) is 3.73. The minimum atomic E-state index is 0.0398. The van der Waals surface area contributed by atoms with Crippen molar-refractivity contribution < 1.29 is 4.79 Å². The van der Waals surface area contributed by atoms with Gasteiger partial charge in [-0.25, -0.2) is 4.79 Å². The first-order valence-corrected chi connectivity index (χ1v) is 9.71. The molecule has 138 valence electrons. The third-order valence-corrected chi connectivity index (χ3v) is 5.41. The van der Waals surface area contributed by atoms with Gasteiger partial charge in [-0.3, -0.25) is 0 Å². The topological polar surface area (TPSA) is 63.1 Å². The maximum Gasteiger partial charge on any atom is 0.317 e.